The number of hydrazine groups is 1. The van der Waals surface area contributed by atoms with Gasteiger partial charge < -0.3 is 10.2 Å². The van der Waals surface area contributed by atoms with Crippen LogP contribution in [0.3, 0.4) is 0 Å². The highest BCUT2D eigenvalue weighted by Gasteiger charge is 2.10. The standard InChI is InChI=1S/C17H18N4O/c1-11(2)22-13-9-7-12(8-10-13)16-14-5-3-4-6-15(14)17(19-18)21-20-16/h3-11H,18H2,1-2H3,(H,19,21). The maximum Gasteiger partial charge on any atom is 0.170 e. The number of hydrogen-bond acceptors (Lipinski definition) is 5. The SMILES string of the molecule is CC(C)Oc1ccc(-c2nnc(NN)c3ccccc23)cc1. The second kappa shape index (κ2) is 5.99. The van der Waals surface area contributed by atoms with Crippen molar-refractivity contribution >= 4 is 16.6 Å². The number of fused-ring (bicyclic) bond motifs is 1. The lowest BCUT2D eigenvalue weighted by Crippen LogP contribution is -2.10. The molecule has 0 saturated heterocycles. The highest BCUT2D eigenvalue weighted by molar-refractivity contribution is 5.99. The molecular formula is C17H18N4O. The van der Waals surface area contributed by atoms with Crippen molar-refractivity contribution in [1.29, 1.82) is 0 Å². The Morgan fingerprint density at radius 1 is 0.955 bits per heavy atom. The van der Waals surface area contributed by atoms with Crippen LogP contribution in [-0.4, -0.2) is 16.3 Å². The summed E-state index contributed by atoms with van der Waals surface area (Å²) in [5.41, 5.74) is 4.40. The van der Waals surface area contributed by atoms with Gasteiger partial charge in [0.15, 0.2) is 5.82 Å². The van der Waals surface area contributed by atoms with Crippen LogP contribution in [-0.2, 0) is 0 Å². The van der Waals surface area contributed by atoms with E-state index in [1.165, 1.54) is 0 Å². The van der Waals surface area contributed by atoms with Crippen molar-refractivity contribution < 1.29 is 4.74 Å². The van der Waals surface area contributed by atoms with Gasteiger partial charge in [0.2, 0.25) is 0 Å². The number of nitrogens with two attached hydrogens (primary N) is 1. The van der Waals surface area contributed by atoms with Gasteiger partial charge in [-0.1, -0.05) is 24.3 Å². The van der Waals surface area contributed by atoms with Crippen molar-refractivity contribution in [3.05, 3.63) is 48.5 Å². The van der Waals surface area contributed by atoms with Gasteiger partial charge in [0, 0.05) is 16.3 Å². The van der Waals surface area contributed by atoms with Crippen LogP contribution in [0.5, 0.6) is 5.75 Å². The molecule has 0 spiro atoms. The molecule has 3 N–H and O–H groups in total. The van der Waals surface area contributed by atoms with E-state index in [0.717, 1.165) is 27.8 Å². The lowest BCUT2D eigenvalue weighted by molar-refractivity contribution is 0.242. The molecule has 0 aliphatic rings. The highest BCUT2D eigenvalue weighted by atomic mass is 16.5. The van der Waals surface area contributed by atoms with E-state index >= 15 is 0 Å². The molecule has 0 radical (unpaired) electrons. The quantitative estimate of drug-likeness (QED) is 0.570. The Labute approximate surface area is 129 Å². The molecule has 0 aliphatic carbocycles. The largest absolute Gasteiger partial charge is 0.491 e. The molecule has 0 saturated carbocycles. The zero-order chi connectivity index (χ0) is 15.5. The summed E-state index contributed by atoms with van der Waals surface area (Å²) in [5.74, 6) is 6.91. The number of anilines is 1. The molecule has 0 aliphatic heterocycles. The summed E-state index contributed by atoms with van der Waals surface area (Å²) in [6, 6.07) is 15.8. The van der Waals surface area contributed by atoms with Crippen molar-refractivity contribution in [1.82, 2.24) is 10.2 Å². The normalized spacial score (nSPS) is 10.9. The first-order chi connectivity index (χ1) is 10.7. The molecule has 0 atom stereocenters. The number of hydrogen-bond donors (Lipinski definition) is 2. The Morgan fingerprint density at radius 3 is 2.27 bits per heavy atom. The first kappa shape index (κ1) is 14.3. The fourth-order valence-corrected chi connectivity index (χ4v) is 2.39. The summed E-state index contributed by atoms with van der Waals surface area (Å²) in [7, 11) is 0. The van der Waals surface area contributed by atoms with Crippen molar-refractivity contribution in [3.8, 4) is 17.0 Å². The van der Waals surface area contributed by atoms with E-state index in [1.807, 2.05) is 62.4 Å². The van der Waals surface area contributed by atoms with Crippen LogP contribution in [0, 0.1) is 0 Å². The van der Waals surface area contributed by atoms with Crippen molar-refractivity contribution in [3.63, 3.8) is 0 Å². The molecule has 0 unspecified atom stereocenters. The van der Waals surface area contributed by atoms with E-state index in [4.69, 9.17) is 10.6 Å². The van der Waals surface area contributed by atoms with Crippen LogP contribution in [0.4, 0.5) is 5.82 Å². The van der Waals surface area contributed by atoms with Gasteiger partial charge in [0.05, 0.1) is 6.10 Å². The minimum Gasteiger partial charge on any atom is -0.491 e. The molecule has 3 rings (SSSR count). The predicted octanol–water partition coefficient (Wildman–Crippen LogP) is 3.37. The number of benzene rings is 2. The summed E-state index contributed by atoms with van der Waals surface area (Å²) in [6.07, 6.45) is 0.154. The average Bonchev–Trinajstić information content (AvgIpc) is 2.54. The van der Waals surface area contributed by atoms with Crippen molar-refractivity contribution in [2.24, 2.45) is 5.84 Å². The topological polar surface area (TPSA) is 73.1 Å². The molecule has 5 heteroatoms. The van der Waals surface area contributed by atoms with Gasteiger partial charge in [0.25, 0.3) is 0 Å². The van der Waals surface area contributed by atoms with Gasteiger partial charge in [-0.3, -0.25) is 0 Å². The van der Waals surface area contributed by atoms with E-state index in [0.29, 0.717) is 5.82 Å². The van der Waals surface area contributed by atoms with E-state index in [9.17, 15) is 0 Å². The third kappa shape index (κ3) is 2.71. The second-order valence-corrected chi connectivity index (χ2v) is 5.28. The van der Waals surface area contributed by atoms with E-state index in [2.05, 4.69) is 15.6 Å². The van der Waals surface area contributed by atoms with Gasteiger partial charge in [-0.25, -0.2) is 5.84 Å². The van der Waals surface area contributed by atoms with Crippen LogP contribution in [0.25, 0.3) is 22.0 Å². The molecule has 0 amide bonds. The van der Waals surface area contributed by atoms with Crippen molar-refractivity contribution in [2.75, 3.05) is 5.43 Å². The summed E-state index contributed by atoms with van der Waals surface area (Å²) < 4.78 is 5.67. The first-order valence-corrected chi connectivity index (χ1v) is 7.18. The molecule has 2 aromatic carbocycles. The molecule has 0 fully saturated rings. The fraction of sp³-hybridized carbons (Fsp3) is 0.176. The van der Waals surface area contributed by atoms with Crippen LogP contribution < -0.4 is 16.0 Å². The summed E-state index contributed by atoms with van der Waals surface area (Å²) in [5, 5.41) is 10.4. The van der Waals surface area contributed by atoms with Gasteiger partial charge in [-0.2, -0.15) is 0 Å². The van der Waals surface area contributed by atoms with Gasteiger partial charge in [0.1, 0.15) is 11.4 Å². The smallest absolute Gasteiger partial charge is 0.170 e. The van der Waals surface area contributed by atoms with Gasteiger partial charge >= 0.3 is 0 Å². The van der Waals surface area contributed by atoms with Crippen LogP contribution >= 0.6 is 0 Å². The lowest BCUT2D eigenvalue weighted by Gasteiger charge is -2.11. The maximum absolute atomic E-state index is 5.67. The molecule has 1 heterocycles. The maximum atomic E-state index is 5.67. The number of nitrogens with zero attached hydrogens (tertiary/aromatic N) is 2. The fourth-order valence-electron chi connectivity index (χ4n) is 2.39. The monoisotopic (exact) mass is 294 g/mol. The molecule has 3 aromatic rings. The zero-order valence-corrected chi connectivity index (χ0v) is 12.6. The number of ether oxygens (including phenoxy) is 1. The molecule has 5 nitrogen and oxygen atoms in total. The predicted molar refractivity (Wildman–Crippen MR) is 88.5 cm³/mol. The van der Waals surface area contributed by atoms with Gasteiger partial charge in [-0.05, 0) is 38.1 Å². The van der Waals surface area contributed by atoms with Gasteiger partial charge in [-0.15, -0.1) is 10.2 Å². The minimum atomic E-state index is 0.154. The second-order valence-electron chi connectivity index (χ2n) is 5.28. The lowest BCUT2D eigenvalue weighted by atomic mass is 10.0. The summed E-state index contributed by atoms with van der Waals surface area (Å²) in [6.45, 7) is 4.01. The molecule has 0 bridgehead atoms. The Balaban J connectivity index is 2.07. The Bertz CT molecular complexity index is 784. The van der Waals surface area contributed by atoms with E-state index < -0.39 is 0 Å². The molecule has 1 aromatic heterocycles. The van der Waals surface area contributed by atoms with Crippen LogP contribution in [0.15, 0.2) is 48.5 Å². The van der Waals surface area contributed by atoms with Crippen LogP contribution in [0.1, 0.15) is 13.8 Å². The minimum absolute atomic E-state index is 0.154. The van der Waals surface area contributed by atoms with Crippen LogP contribution in [0.2, 0.25) is 0 Å². The van der Waals surface area contributed by atoms with Crippen molar-refractivity contribution in [2.45, 2.75) is 20.0 Å². The number of nitrogen functional groups attached to an aromatic ring is 1. The van der Waals surface area contributed by atoms with E-state index in [1.54, 1.807) is 0 Å². The highest BCUT2D eigenvalue weighted by Crippen LogP contribution is 2.30. The Morgan fingerprint density at radius 2 is 1.64 bits per heavy atom. The average molecular weight is 294 g/mol. The first-order valence-electron chi connectivity index (χ1n) is 7.18. The molecular weight excluding hydrogens is 276 g/mol. The zero-order valence-electron chi connectivity index (χ0n) is 12.6. The number of aromatic nitrogens is 2. The summed E-state index contributed by atoms with van der Waals surface area (Å²) in [4.78, 5) is 0. The Kier molecular flexibility index (Phi) is 3.89. The van der Waals surface area contributed by atoms with E-state index in [-0.39, 0.29) is 6.10 Å². The number of nitrogens with one attached hydrogen (secondary N) is 1. The summed E-state index contributed by atoms with van der Waals surface area (Å²) >= 11 is 0. The molecule has 112 valence electrons. The number of rotatable bonds is 4. The third-order valence-electron chi connectivity index (χ3n) is 3.32. The molecule has 22 heavy (non-hydrogen) atoms. The third-order valence-corrected chi connectivity index (χ3v) is 3.32. The Hall–Kier alpha value is -2.66.